The number of carbonyl (C=O) groups is 9. The Morgan fingerprint density at radius 2 is 0.984 bits per heavy atom. The van der Waals surface area contributed by atoms with Crippen molar-refractivity contribution in [2.75, 3.05) is 30.9 Å². The SMILES string of the molecule is CSCCC(NC(=O)C(NC(=O)C(CC(C)C)NC(=O)C(CC(C)C)NC(=O)CNC(=O)CNC(=O)C(CC(C)C)NC(=O)C(N)CS)C(C)O)C(=O)NC(C(=O)O)C(C)C. The lowest BCUT2D eigenvalue weighted by atomic mass is 9.99. The van der Waals surface area contributed by atoms with Gasteiger partial charge in [0.05, 0.1) is 25.2 Å². The van der Waals surface area contributed by atoms with Crippen LogP contribution in [0.3, 0.4) is 0 Å². The van der Waals surface area contributed by atoms with Gasteiger partial charge < -0.3 is 58.5 Å². The molecule has 22 heteroatoms. The van der Waals surface area contributed by atoms with Crippen LogP contribution in [0.4, 0.5) is 0 Å². The van der Waals surface area contributed by atoms with Crippen LogP contribution in [0.25, 0.3) is 0 Å². The van der Waals surface area contributed by atoms with E-state index >= 15 is 0 Å². The summed E-state index contributed by atoms with van der Waals surface area (Å²) in [7, 11) is 0. The van der Waals surface area contributed by atoms with E-state index in [9.17, 15) is 53.4 Å². The van der Waals surface area contributed by atoms with Gasteiger partial charge in [0, 0.05) is 5.75 Å². The van der Waals surface area contributed by atoms with Crippen LogP contribution in [0.1, 0.15) is 88.0 Å². The van der Waals surface area contributed by atoms with Gasteiger partial charge >= 0.3 is 5.97 Å². The summed E-state index contributed by atoms with van der Waals surface area (Å²) in [5.41, 5.74) is 5.70. The van der Waals surface area contributed by atoms with E-state index in [1.165, 1.54) is 18.7 Å². The molecule has 0 bridgehead atoms. The molecule has 8 atom stereocenters. The molecule has 0 aromatic heterocycles. The molecular weight excluding hydrogens is 835 g/mol. The summed E-state index contributed by atoms with van der Waals surface area (Å²) in [5.74, 6) is -7.41. The number of carboxylic acids is 1. The lowest BCUT2D eigenvalue weighted by Gasteiger charge is -2.29. The van der Waals surface area contributed by atoms with Crippen molar-refractivity contribution < 1.29 is 53.4 Å². The Bertz CT molecular complexity index is 1480. The first kappa shape index (κ1) is 56.9. The maximum atomic E-state index is 13.7. The summed E-state index contributed by atoms with van der Waals surface area (Å²) in [4.78, 5) is 116. The van der Waals surface area contributed by atoms with Crippen molar-refractivity contribution >= 4 is 77.6 Å². The van der Waals surface area contributed by atoms with E-state index in [1.807, 2.05) is 13.8 Å². The molecule has 0 aromatic carbocycles. The monoisotopic (exact) mass is 905 g/mol. The van der Waals surface area contributed by atoms with E-state index in [1.54, 1.807) is 47.8 Å². The molecule has 8 unspecified atom stereocenters. The van der Waals surface area contributed by atoms with Gasteiger partial charge in [0.2, 0.25) is 47.3 Å². The highest BCUT2D eigenvalue weighted by Crippen LogP contribution is 2.11. The molecular formula is C39H71N9O11S2. The van der Waals surface area contributed by atoms with Crippen molar-refractivity contribution in [2.45, 2.75) is 136 Å². The van der Waals surface area contributed by atoms with Crippen LogP contribution in [-0.4, -0.2) is 143 Å². The van der Waals surface area contributed by atoms with Crippen LogP contribution in [0, 0.1) is 23.7 Å². The Morgan fingerprint density at radius 3 is 1.44 bits per heavy atom. The quantitative estimate of drug-likeness (QED) is 0.0377. The number of aliphatic carboxylic acids is 1. The average Bonchev–Trinajstić information content (AvgIpc) is 3.16. The van der Waals surface area contributed by atoms with Gasteiger partial charge in [0.15, 0.2) is 0 Å². The number of amides is 8. The van der Waals surface area contributed by atoms with Gasteiger partial charge in [0.1, 0.15) is 36.3 Å². The second-order valence-corrected chi connectivity index (χ2v) is 17.9. The number of rotatable bonds is 29. The third-order valence-corrected chi connectivity index (χ3v) is 10.0. The lowest BCUT2D eigenvalue weighted by molar-refractivity contribution is -0.143. The van der Waals surface area contributed by atoms with Gasteiger partial charge in [-0.15, -0.1) is 0 Å². The Kier molecular flexibility index (Phi) is 27.2. The van der Waals surface area contributed by atoms with E-state index in [-0.39, 0.29) is 49.2 Å². The molecule has 0 rings (SSSR count). The third kappa shape index (κ3) is 23.0. The van der Waals surface area contributed by atoms with Gasteiger partial charge in [0.25, 0.3) is 0 Å². The van der Waals surface area contributed by atoms with Crippen molar-refractivity contribution in [1.29, 1.82) is 0 Å². The molecule has 0 radical (unpaired) electrons. The molecule has 12 N–H and O–H groups in total. The predicted octanol–water partition coefficient (Wildman–Crippen LogP) is -1.60. The Balaban J connectivity index is 5.84. The zero-order valence-electron chi connectivity index (χ0n) is 37.1. The van der Waals surface area contributed by atoms with Crippen molar-refractivity contribution in [3.05, 3.63) is 0 Å². The van der Waals surface area contributed by atoms with Crippen LogP contribution in [0.2, 0.25) is 0 Å². The molecule has 20 nitrogen and oxygen atoms in total. The number of aliphatic hydroxyl groups excluding tert-OH is 1. The second-order valence-electron chi connectivity index (χ2n) is 16.6. The summed E-state index contributed by atoms with van der Waals surface area (Å²) in [6.07, 6.45) is 0.925. The topological polar surface area (TPSA) is 316 Å². The highest BCUT2D eigenvalue weighted by molar-refractivity contribution is 7.98. The van der Waals surface area contributed by atoms with E-state index < -0.39 is 121 Å². The zero-order chi connectivity index (χ0) is 47.1. The average molecular weight is 906 g/mol. The highest BCUT2D eigenvalue weighted by atomic mass is 32.2. The van der Waals surface area contributed by atoms with Crippen molar-refractivity contribution in [3.8, 4) is 0 Å². The Hall–Kier alpha value is -4.15. The minimum atomic E-state index is -1.58. The number of hydrogen-bond donors (Lipinski definition) is 12. The zero-order valence-corrected chi connectivity index (χ0v) is 38.8. The molecule has 0 saturated heterocycles. The lowest BCUT2D eigenvalue weighted by Crippen LogP contribution is -2.61. The van der Waals surface area contributed by atoms with Crippen LogP contribution >= 0.6 is 24.4 Å². The minimum Gasteiger partial charge on any atom is -0.480 e. The van der Waals surface area contributed by atoms with Gasteiger partial charge in [-0.25, -0.2) is 4.79 Å². The fraction of sp³-hybridized carbons (Fsp3) is 0.769. The maximum Gasteiger partial charge on any atom is 0.326 e. The number of hydrogen-bond acceptors (Lipinski definition) is 13. The molecule has 0 saturated carbocycles. The molecule has 0 aromatic rings. The van der Waals surface area contributed by atoms with Gasteiger partial charge in [-0.1, -0.05) is 55.4 Å². The fourth-order valence-electron chi connectivity index (χ4n) is 5.71. The molecule has 0 spiro atoms. The number of thioether (sulfide) groups is 1. The number of nitrogens with two attached hydrogens (primary N) is 1. The van der Waals surface area contributed by atoms with E-state index in [4.69, 9.17) is 5.73 Å². The minimum absolute atomic E-state index is 0.0143. The standard InChI is InChI=1S/C39H71N9O11S2/c1-19(2)13-26(45-33(52)24(40)18-60)34(53)42-16-29(50)41-17-30(51)43-27(14-20(3)4)36(55)46-28(15-21(5)6)37(56)48-32(23(9)49)38(57)44-25(11-12-61-10)35(54)47-31(22(7)8)39(58)59/h19-28,31-32,49,60H,11-18,40H2,1-10H3,(H,41,50)(H,42,53)(H,43,51)(H,44,57)(H,45,52)(H,46,55)(H,47,54)(H,48,56)(H,58,59). The van der Waals surface area contributed by atoms with Crippen LogP contribution in [0.15, 0.2) is 0 Å². The molecule has 0 aliphatic heterocycles. The van der Waals surface area contributed by atoms with Crippen LogP contribution < -0.4 is 48.3 Å². The normalized spacial score (nSPS) is 15.3. The third-order valence-electron chi connectivity index (χ3n) is 8.98. The summed E-state index contributed by atoms with van der Waals surface area (Å²) >= 11 is 5.38. The molecule has 8 amide bonds. The number of nitrogens with one attached hydrogen (secondary N) is 8. The van der Waals surface area contributed by atoms with Gasteiger partial charge in [-0.3, -0.25) is 38.4 Å². The van der Waals surface area contributed by atoms with Gasteiger partial charge in [-0.2, -0.15) is 24.4 Å². The second kappa shape index (κ2) is 29.2. The molecule has 0 aliphatic carbocycles. The van der Waals surface area contributed by atoms with Crippen molar-refractivity contribution in [2.24, 2.45) is 29.4 Å². The summed E-state index contributed by atoms with van der Waals surface area (Å²) in [6.45, 7) is 14.3. The molecule has 61 heavy (non-hydrogen) atoms. The highest BCUT2D eigenvalue weighted by Gasteiger charge is 2.35. The van der Waals surface area contributed by atoms with Crippen LogP contribution in [-0.2, 0) is 43.2 Å². The van der Waals surface area contributed by atoms with Crippen molar-refractivity contribution in [1.82, 2.24) is 42.5 Å². The first-order valence-electron chi connectivity index (χ1n) is 20.5. The Morgan fingerprint density at radius 1 is 0.557 bits per heavy atom. The number of carboxylic acid groups (broad SMARTS) is 1. The first-order chi connectivity index (χ1) is 28.3. The largest absolute Gasteiger partial charge is 0.480 e. The smallest absolute Gasteiger partial charge is 0.326 e. The summed E-state index contributed by atoms with van der Waals surface area (Å²) in [5, 5.41) is 40.1. The summed E-state index contributed by atoms with van der Waals surface area (Å²) < 4.78 is 0. The van der Waals surface area contributed by atoms with Crippen molar-refractivity contribution in [3.63, 3.8) is 0 Å². The van der Waals surface area contributed by atoms with E-state index in [0.717, 1.165) is 0 Å². The van der Waals surface area contributed by atoms with E-state index in [0.29, 0.717) is 5.75 Å². The predicted molar refractivity (Wildman–Crippen MR) is 235 cm³/mol. The molecule has 0 aliphatic rings. The number of aliphatic hydroxyl groups is 1. The Labute approximate surface area is 369 Å². The number of carbonyl (C=O) groups excluding carboxylic acids is 8. The molecule has 0 heterocycles. The summed E-state index contributed by atoms with van der Waals surface area (Å²) in [6, 6.07) is -8.31. The van der Waals surface area contributed by atoms with Gasteiger partial charge in [-0.05, 0) is 68.3 Å². The molecule has 350 valence electrons. The fourth-order valence-corrected chi connectivity index (χ4v) is 6.35. The molecule has 0 fully saturated rings. The maximum absolute atomic E-state index is 13.7. The number of thiol groups is 1. The van der Waals surface area contributed by atoms with Crippen LogP contribution in [0.5, 0.6) is 0 Å². The van der Waals surface area contributed by atoms with E-state index in [2.05, 4.69) is 55.2 Å². The first-order valence-corrected chi connectivity index (χ1v) is 22.5.